The van der Waals surface area contributed by atoms with E-state index in [1.54, 1.807) is 7.11 Å². The fourth-order valence-electron chi connectivity index (χ4n) is 3.69. The van der Waals surface area contributed by atoms with E-state index in [1.165, 1.54) is 18.4 Å². The van der Waals surface area contributed by atoms with Gasteiger partial charge in [0, 0.05) is 17.5 Å². The first-order chi connectivity index (χ1) is 11.2. The van der Waals surface area contributed by atoms with Crippen molar-refractivity contribution in [2.24, 2.45) is 0 Å². The number of carbonyl (C=O) groups excluding carboxylic acids is 1. The van der Waals surface area contributed by atoms with Gasteiger partial charge in [-0.05, 0) is 18.9 Å². The molecule has 1 atom stereocenters. The fourth-order valence-corrected chi connectivity index (χ4v) is 3.69. The maximum Gasteiger partial charge on any atom is 0.251 e. The van der Waals surface area contributed by atoms with E-state index in [-0.39, 0.29) is 11.3 Å². The third-order valence-electron chi connectivity index (χ3n) is 4.95. The Labute approximate surface area is 137 Å². The maximum atomic E-state index is 12.3. The predicted octanol–water partition coefficient (Wildman–Crippen LogP) is 2.04. The van der Waals surface area contributed by atoms with E-state index in [0.29, 0.717) is 26.4 Å². The van der Waals surface area contributed by atoms with Gasteiger partial charge in [-0.2, -0.15) is 0 Å². The van der Waals surface area contributed by atoms with Crippen molar-refractivity contribution in [1.82, 2.24) is 5.32 Å². The summed E-state index contributed by atoms with van der Waals surface area (Å²) in [4.78, 5) is 12.3. The van der Waals surface area contributed by atoms with Crippen LogP contribution in [0, 0.1) is 0 Å². The summed E-state index contributed by atoms with van der Waals surface area (Å²) in [6.07, 6.45) is 4.00. The maximum absolute atomic E-state index is 12.3. The van der Waals surface area contributed by atoms with E-state index in [2.05, 4.69) is 11.4 Å². The van der Waals surface area contributed by atoms with Crippen molar-refractivity contribution in [2.45, 2.75) is 37.2 Å². The molecule has 0 bridgehead atoms. The number of hydrogen-bond donors (Lipinski definition) is 1. The second-order valence-electron chi connectivity index (χ2n) is 6.34. The summed E-state index contributed by atoms with van der Waals surface area (Å²) in [5, 5.41) is 3.09. The average molecular weight is 319 g/mol. The first kappa shape index (κ1) is 16.3. The number of rotatable bonds is 5. The molecule has 126 valence electrons. The number of para-hydroxylation sites is 1. The Bertz CT molecular complexity index is 534. The zero-order chi connectivity index (χ0) is 16.1. The topological polar surface area (TPSA) is 56.8 Å². The SMILES string of the molecule is COc1ccccc1C1(CNC(=O)[C@@H]2COCCO2)CCCC1. The first-order valence-corrected chi connectivity index (χ1v) is 8.36. The summed E-state index contributed by atoms with van der Waals surface area (Å²) in [5.41, 5.74) is 1.15. The molecule has 0 radical (unpaired) electrons. The van der Waals surface area contributed by atoms with Gasteiger partial charge in [0.1, 0.15) is 5.75 Å². The van der Waals surface area contributed by atoms with Gasteiger partial charge in [-0.25, -0.2) is 0 Å². The number of methoxy groups -OCH3 is 1. The monoisotopic (exact) mass is 319 g/mol. The zero-order valence-corrected chi connectivity index (χ0v) is 13.7. The molecule has 1 saturated carbocycles. The summed E-state index contributed by atoms with van der Waals surface area (Å²) in [7, 11) is 1.70. The molecule has 2 fully saturated rings. The molecule has 1 heterocycles. The van der Waals surface area contributed by atoms with E-state index in [1.807, 2.05) is 18.2 Å². The van der Waals surface area contributed by atoms with Gasteiger partial charge >= 0.3 is 0 Å². The summed E-state index contributed by atoms with van der Waals surface area (Å²) >= 11 is 0. The number of benzene rings is 1. The number of carbonyl (C=O) groups is 1. The lowest BCUT2D eigenvalue weighted by Gasteiger charge is -2.32. The summed E-state index contributed by atoms with van der Waals surface area (Å²) < 4.78 is 16.3. The van der Waals surface area contributed by atoms with Crippen LogP contribution in [0.1, 0.15) is 31.2 Å². The molecule has 1 aliphatic heterocycles. The van der Waals surface area contributed by atoms with Crippen LogP contribution < -0.4 is 10.1 Å². The van der Waals surface area contributed by atoms with Gasteiger partial charge in [0.05, 0.1) is 26.9 Å². The minimum Gasteiger partial charge on any atom is -0.496 e. The molecule has 1 aromatic rings. The van der Waals surface area contributed by atoms with Gasteiger partial charge in [0.15, 0.2) is 6.10 Å². The molecule has 5 nitrogen and oxygen atoms in total. The molecule has 1 amide bonds. The first-order valence-electron chi connectivity index (χ1n) is 8.36. The standard InChI is InChI=1S/C18H25NO4/c1-21-15-7-3-2-6-14(15)18(8-4-5-9-18)13-19-17(20)16-12-22-10-11-23-16/h2-3,6-7,16H,4-5,8-13H2,1H3,(H,19,20)/t16-/m0/s1. The minimum absolute atomic E-state index is 0.0439. The Hall–Kier alpha value is -1.59. The Kier molecular flexibility index (Phi) is 5.18. The van der Waals surface area contributed by atoms with Crippen molar-refractivity contribution in [3.63, 3.8) is 0 Å². The molecule has 0 unspecified atom stereocenters. The van der Waals surface area contributed by atoms with Crippen LogP contribution in [0.2, 0.25) is 0 Å². The van der Waals surface area contributed by atoms with Crippen LogP contribution in [0.3, 0.4) is 0 Å². The second kappa shape index (κ2) is 7.32. The molecule has 1 N–H and O–H groups in total. The van der Waals surface area contributed by atoms with Crippen LogP contribution in [0.5, 0.6) is 5.75 Å². The summed E-state index contributed by atoms with van der Waals surface area (Å²) in [6.45, 7) is 2.00. The van der Waals surface area contributed by atoms with Crippen LogP contribution >= 0.6 is 0 Å². The normalized spacial score (nSPS) is 23.4. The average Bonchev–Trinajstić information content (AvgIpc) is 3.10. The molecule has 1 saturated heterocycles. The van der Waals surface area contributed by atoms with Crippen molar-refractivity contribution in [1.29, 1.82) is 0 Å². The lowest BCUT2D eigenvalue weighted by atomic mass is 9.78. The lowest BCUT2D eigenvalue weighted by Crippen LogP contribution is -2.47. The quantitative estimate of drug-likeness (QED) is 0.902. The van der Waals surface area contributed by atoms with Crippen LogP contribution in [-0.2, 0) is 19.7 Å². The van der Waals surface area contributed by atoms with E-state index < -0.39 is 6.10 Å². The predicted molar refractivity (Wildman–Crippen MR) is 86.7 cm³/mol. The van der Waals surface area contributed by atoms with Crippen LogP contribution in [0.15, 0.2) is 24.3 Å². The van der Waals surface area contributed by atoms with Gasteiger partial charge in [-0.15, -0.1) is 0 Å². The molecule has 3 rings (SSSR count). The highest BCUT2D eigenvalue weighted by Crippen LogP contribution is 2.44. The molecule has 5 heteroatoms. The number of amides is 1. The summed E-state index contributed by atoms with van der Waals surface area (Å²) in [6, 6.07) is 8.14. The lowest BCUT2D eigenvalue weighted by molar-refractivity contribution is -0.147. The van der Waals surface area contributed by atoms with Crippen LogP contribution in [0.25, 0.3) is 0 Å². The van der Waals surface area contributed by atoms with E-state index >= 15 is 0 Å². The van der Waals surface area contributed by atoms with E-state index in [9.17, 15) is 4.79 Å². The number of nitrogens with one attached hydrogen (secondary N) is 1. The van der Waals surface area contributed by atoms with E-state index in [0.717, 1.165) is 18.6 Å². The Morgan fingerprint density at radius 1 is 1.30 bits per heavy atom. The molecule has 2 aliphatic rings. The highest BCUT2D eigenvalue weighted by atomic mass is 16.6. The van der Waals surface area contributed by atoms with Gasteiger partial charge in [0.25, 0.3) is 5.91 Å². The highest BCUT2D eigenvalue weighted by Gasteiger charge is 2.38. The molecule has 1 aromatic carbocycles. The van der Waals surface area contributed by atoms with Crippen molar-refractivity contribution < 1.29 is 19.0 Å². The molecular formula is C18H25NO4. The highest BCUT2D eigenvalue weighted by molar-refractivity contribution is 5.81. The molecule has 23 heavy (non-hydrogen) atoms. The fraction of sp³-hybridized carbons (Fsp3) is 0.611. The van der Waals surface area contributed by atoms with Gasteiger partial charge in [0.2, 0.25) is 0 Å². The summed E-state index contributed by atoms with van der Waals surface area (Å²) in [5.74, 6) is 0.826. The zero-order valence-electron chi connectivity index (χ0n) is 13.7. The number of hydrogen-bond acceptors (Lipinski definition) is 4. The van der Waals surface area contributed by atoms with Crippen molar-refractivity contribution in [2.75, 3.05) is 33.5 Å². The molecule has 0 aromatic heterocycles. The Morgan fingerprint density at radius 3 is 2.78 bits per heavy atom. The minimum atomic E-state index is -0.486. The van der Waals surface area contributed by atoms with Crippen molar-refractivity contribution >= 4 is 5.91 Å². The largest absolute Gasteiger partial charge is 0.496 e. The second-order valence-corrected chi connectivity index (χ2v) is 6.34. The third kappa shape index (κ3) is 3.51. The third-order valence-corrected chi connectivity index (χ3v) is 4.95. The Morgan fingerprint density at radius 2 is 2.09 bits per heavy atom. The van der Waals surface area contributed by atoms with Crippen LogP contribution in [-0.4, -0.2) is 45.5 Å². The van der Waals surface area contributed by atoms with Crippen LogP contribution in [0.4, 0.5) is 0 Å². The number of ether oxygens (including phenoxy) is 3. The van der Waals surface area contributed by atoms with Gasteiger partial charge < -0.3 is 19.5 Å². The van der Waals surface area contributed by atoms with Gasteiger partial charge in [-0.1, -0.05) is 31.0 Å². The molecule has 1 aliphatic carbocycles. The van der Waals surface area contributed by atoms with E-state index in [4.69, 9.17) is 14.2 Å². The smallest absolute Gasteiger partial charge is 0.251 e. The van der Waals surface area contributed by atoms with Crippen molar-refractivity contribution in [3.8, 4) is 5.75 Å². The molecule has 0 spiro atoms. The Balaban J connectivity index is 1.72. The van der Waals surface area contributed by atoms with Crippen molar-refractivity contribution in [3.05, 3.63) is 29.8 Å². The molecular weight excluding hydrogens is 294 g/mol. The van der Waals surface area contributed by atoms with Gasteiger partial charge in [-0.3, -0.25) is 4.79 Å².